The normalized spacial score (nSPS) is 18.5. The molecule has 34 heavy (non-hydrogen) atoms. The molecule has 1 atom stereocenters. The van der Waals surface area contributed by atoms with Gasteiger partial charge in [0.15, 0.2) is 17.6 Å². The van der Waals surface area contributed by atoms with E-state index < -0.39 is 16.1 Å². The van der Waals surface area contributed by atoms with Gasteiger partial charge in [0, 0.05) is 26.2 Å². The highest BCUT2D eigenvalue weighted by Gasteiger charge is 2.33. The molecule has 4 rings (SSSR count). The second-order valence-electron chi connectivity index (χ2n) is 7.90. The maximum atomic E-state index is 13.2. The van der Waals surface area contributed by atoms with Crippen molar-refractivity contribution in [2.45, 2.75) is 24.3 Å². The number of para-hydroxylation sites is 1. The highest BCUT2D eigenvalue weighted by atomic mass is 32.2. The zero-order valence-electron chi connectivity index (χ0n) is 19.2. The van der Waals surface area contributed by atoms with Gasteiger partial charge in [-0.25, -0.2) is 8.42 Å². The molecule has 0 bridgehead atoms. The van der Waals surface area contributed by atoms with Crippen molar-refractivity contribution in [2.75, 3.05) is 45.7 Å². The van der Waals surface area contributed by atoms with E-state index in [4.69, 9.17) is 14.2 Å². The van der Waals surface area contributed by atoms with Crippen LogP contribution in [0.15, 0.2) is 41.3 Å². The van der Waals surface area contributed by atoms with Gasteiger partial charge in [0.2, 0.25) is 10.0 Å². The smallest absolute Gasteiger partial charge is 0.265 e. The summed E-state index contributed by atoms with van der Waals surface area (Å²) in [6.07, 6.45) is -0.0838. The molecule has 182 valence electrons. The maximum Gasteiger partial charge on any atom is 0.265 e. The van der Waals surface area contributed by atoms with Gasteiger partial charge in [-0.3, -0.25) is 9.59 Å². The molecule has 0 radical (unpaired) electrons. The van der Waals surface area contributed by atoms with Crippen LogP contribution in [0.5, 0.6) is 17.2 Å². The molecule has 2 heterocycles. The van der Waals surface area contributed by atoms with Crippen LogP contribution >= 0.6 is 0 Å². The average molecular weight is 490 g/mol. The van der Waals surface area contributed by atoms with Crippen LogP contribution in [0.4, 0.5) is 5.69 Å². The van der Waals surface area contributed by atoms with E-state index in [1.165, 1.54) is 30.7 Å². The van der Waals surface area contributed by atoms with E-state index in [1.807, 2.05) is 6.92 Å². The van der Waals surface area contributed by atoms with Crippen molar-refractivity contribution in [3.8, 4) is 17.2 Å². The minimum Gasteiger partial charge on any atom is -0.493 e. The monoisotopic (exact) mass is 489 g/mol. The van der Waals surface area contributed by atoms with Crippen molar-refractivity contribution >= 4 is 27.5 Å². The zero-order valence-corrected chi connectivity index (χ0v) is 20.1. The number of sulfonamides is 1. The molecule has 1 fully saturated rings. The molecule has 2 aromatic rings. The average Bonchev–Trinajstić information content (AvgIpc) is 2.86. The Bertz CT molecular complexity index is 1210. The van der Waals surface area contributed by atoms with Gasteiger partial charge in [0.05, 0.1) is 30.4 Å². The van der Waals surface area contributed by atoms with Crippen LogP contribution in [0.3, 0.4) is 0 Å². The van der Waals surface area contributed by atoms with Crippen molar-refractivity contribution < 1.29 is 32.2 Å². The number of hydrogen-bond donors (Lipinski definition) is 1. The lowest BCUT2D eigenvalue weighted by Gasteiger charge is -2.34. The summed E-state index contributed by atoms with van der Waals surface area (Å²) in [5.41, 5.74) is 0.684. The Morgan fingerprint density at radius 1 is 1.12 bits per heavy atom. The molecule has 0 aliphatic carbocycles. The predicted molar refractivity (Wildman–Crippen MR) is 124 cm³/mol. The molecule has 2 aliphatic rings. The number of piperazine rings is 1. The standard InChI is InChI=1S/C23H27N3O7S/c1-4-18-22(27)24-17-14-15(8-9-19(17)33-18)34(29,30)26-12-10-25(11-13-26)23(28)16-6-5-7-20(31-2)21(16)32-3/h5-9,14,18H,4,10-13H2,1-3H3,(H,24,27)/t18-/m0/s1. The van der Waals surface area contributed by atoms with Gasteiger partial charge < -0.3 is 24.4 Å². The van der Waals surface area contributed by atoms with Crippen LogP contribution in [0.2, 0.25) is 0 Å². The molecule has 0 unspecified atom stereocenters. The Morgan fingerprint density at radius 2 is 1.85 bits per heavy atom. The fraction of sp³-hybridized carbons (Fsp3) is 0.391. The van der Waals surface area contributed by atoms with Crippen molar-refractivity contribution in [3.05, 3.63) is 42.0 Å². The second kappa shape index (κ2) is 9.51. The molecular formula is C23H27N3O7S. The van der Waals surface area contributed by atoms with E-state index in [0.29, 0.717) is 34.9 Å². The number of methoxy groups -OCH3 is 2. The molecule has 0 aromatic heterocycles. The third-order valence-corrected chi connectivity index (χ3v) is 7.83. The van der Waals surface area contributed by atoms with Gasteiger partial charge in [0.25, 0.3) is 11.8 Å². The van der Waals surface area contributed by atoms with E-state index in [9.17, 15) is 18.0 Å². The topological polar surface area (TPSA) is 114 Å². The number of carbonyl (C=O) groups excluding carboxylic acids is 2. The number of ether oxygens (including phenoxy) is 3. The number of amides is 2. The van der Waals surface area contributed by atoms with Crippen molar-refractivity contribution in [2.24, 2.45) is 0 Å². The molecule has 0 spiro atoms. The summed E-state index contributed by atoms with van der Waals surface area (Å²) in [4.78, 5) is 26.8. The van der Waals surface area contributed by atoms with Crippen molar-refractivity contribution in [3.63, 3.8) is 0 Å². The molecule has 0 saturated carbocycles. The largest absolute Gasteiger partial charge is 0.493 e. The quantitative estimate of drug-likeness (QED) is 0.660. The molecule has 10 nitrogen and oxygen atoms in total. The second-order valence-corrected chi connectivity index (χ2v) is 9.84. The summed E-state index contributed by atoms with van der Waals surface area (Å²) in [5.74, 6) is 0.668. The minimum atomic E-state index is -3.83. The summed E-state index contributed by atoms with van der Waals surface area (Å²) in [5, 5.41) is 2.71. The maximum absolute atomic E-state index is 13.2. The highest BCUT2D eigenvalue weighted by Crippen LogP contribution is 2.34. The predicted octanol–water partition coefficient (Wildman–Crippen LogP) is 1.96. The number of benzene rings is 2. The molecule has 1 saturated heterocycles. The van der Waals surface area contributed by atoms with E-state index in [0.717, 1.165) is 0 Å². The first-order chi connectivity index (χ1) is 16.3. The summed E-state index contributed by atoms with van der Waals surface area (Å²) in [6, 6.07) is 9.49. The Labute approximate surface area is 198 Å². The van der Waals surface area contributed by atoms with Gasteiger partial charge in [-0.1, -0.05) is 13.0 Å². The van der Waals surface area contributed by atoms with E-state index >= 15 is 0 Å². The molecule has 2 aliphatic heterocycles. The van der Waals surface area contributed by atoms with Gasteiger partial charge in [-0.15, -0.1) is 0 Å². The van der Waals surface area contributed by atoms with Crippen LogP contribution in [0.25, 0.3) is 0 Å². The van der Waals surface area contributed by atoms with Gasteiger partial charge in [-0.05, 0) is 36.8 Å². The van der Waals surface area contributed by atoms with Crippen molar-refractivity contribution in [1.29, 1.82) is 0 Å². The van der Waals surface area contributed by atoms with E-state index in [1.54, 1.807) is 29.2 Å². The summed E-state index contributed by atoms with van der Waals surface area (Å²) in [6.45, 7) is 2.56. The van der Waals surface area contributed by atoms with Crippen LogP contribution < -0.4 is 19.5 Å². The number of nitrogens with one attached hydrogen (secondary N) is 1. The number of hydrogen-bond acceptors (Lipinski definition) is 7. The molecular weight excluding hydrogens is 462 g/mol. The third kappa shape index (κ3) is 4.28. The SMILES string of the molecule is CC[C@@H]1Oc2ccc(S(=O)(=O)N3CCN(C(=O)c4cccc(OC)c4OC)CC3)cc2NC1=O. The van der Waals surface area contributed by atoms with E-state index in [-0.39, 0.29) is 42.9 Å². The minimum absolute atomic E-state index is 0.0549. The Kier molecular flexibility index (Phi) is 6.67. The zero-order chi connectivity index (χ0) is 24.5. The Balaban J connectivity index is 1.48. The number of rotatable bonds is 6. The number of nitrogens with zero attached hydrogens (tertiary/aromatic N) is 2. The highest BCUT2D eigenvalue weighted by molar-refractivity contribution is 7.89. The molecule has 1 N–H and O–H groups in total. The Hall–Kier alpha value is -3.31. The fourth-order valence-corrected chi connectivity index (χ4v) is 5.51. The first-order valence-corrected chi connectivity index (χ1v) is 12.4. The van der Waals surface area contributed by atoms with Crippen LogP contribution in [0.1, 0.15) is 23.7 Å². The van der Waals surface area contributed by atoms with Gasteiger partial charge in [0.1, 0.15) is 5.75 Å². The summed E-state index contributed by atoms with van der Waals surface area (Å²) < 4.78 is 44.1. The van der Waals surface area contributed by atoms with E-state index in [2.05, 4.69) is 5.32 Å². The lowest BCUT2D eigenvalue weighted by Crippen LogP contribution is -2.50. The summed E-state index contributed by atoms with van der Waals surface area (Å²) in [7, 11) is -0.863. The number of carbonyl (C=O) groups is 2. The van der Waals surface area contributed by atoms with Crippen molar-refractivity contribution in [1.82, 2.24) is 9.21 Å². The first-order valence-electron chi connectivity index (χ1n) is 10.9. The number of anilines is 1. The fourth-order valence-electron chi connectivity index (χ4n) is 4.07. The molecule has 2 amide bonds. The van der Waals surface area contributed by atoms with Gasteiger partial charge in [-0.2, -0.15) is 4.31 Å². The Morgan fingerprint density at radius 3 is 2.50 bits per heavy atom. The van der Waals surface area contributed by atoms with Crippen LogP contribution in [0, 0.1) is 0 Å². The lowest BCUT2D eigenvalue weighted by atomic mass is 10.1. The summed E-state index contributed by atoms with van der Waals surface area (Å²) >= 11 is 0. The van der Waals surface area contributed by atoms with Crippen LogP contribution in [-0.4, -0.2) is 75.9 Å². The lowest BCUT2D eigenvalue weighted by molar-refractivity contribution is -0.123. The number of fused-ring (bicyclic) bond motifs is 1. The molecule has 11 heteroatoms. The third-order valence-electron chi connectivity index (χ3n) is 5.94. The first kappa shape index (κ1) is 23.8. The van der Waals surface area contributed by atoms with Crippen LogP contribution in [-0.2, 0) is 14.8 Å². The molecule has 2 aromatic carbocycles. The van der Waals surface area contributed by atoms with Gasteiger partial charge >= 0.3 is 0 Å².